The van der Waals surface area contributed by atoms with E-state index in [-0.39, 0.29) is 0 Å². The molecule has 0 radical (unpaired) electrons. The summed E-state index contributed by atoms with van der Waals surface area (Å²) in [7, 11) is 0. The molecule has 1 rings (SSSR count). The molecule has 14 heavy (non-hydrogen) atoms. The molecule has 0 aromatic heterocycles. The molecular weight excluding hydrogens is 172 g/mol. The predicted molar refractivity (Wildman–Crippen MR) is 62.4 cm³/mol. The van der Waals surface area contributed by atoms with Crippen LogP contribution in [0.1, 0.15) is 58.3 Å². The Labute approximate surface area is 88.6 Å². The molecule has 0 amide bonds. The quantitative estimate of drug-likeness (QED) is 0.688. The van der Waals surface area contributed by atoms with E-state index < -0.39 is 0 Å². The normalized spacial score (nSPS) is 21.0. The van der Waals surface area contributed by atoms with E-state index in [0.717, 1.165) is 19.0 Å². The van der Waals surface area contributed by atoms with Gasteiger partial charge in [-0.15, -0.1) is 0 Å². The highest BCUT2D eigenvalue weighted by Gasteiger charge is 2.12. The molecule has 0 heterocycles. The van der Waals surface area contributed by atoms with Gasteiger partial charge in [-0.1, -0.05) is 32.6 Å². The van der Waals surface area contributed by atoms with Gasteiger partial charge in [0.1, 0.15) is 0 Å². The first-order valence-corrected chi connectivity index (χ1v) is 6.32. The SMILES string of the molecule is CCCC(N)CCNC1CCCCC1. The third kappa shape index (κ3) is 4.97. The zero-order chi connectivity index (χ0) is 10.2. The van der Waals surface area contributed by atoms with Crippen molar-refractivity contribution >= 4 is 0 Å². The summed E-state index contributed by atoms with van der Waals surface area (Å²) in [4.78, 5) is 0. The molecule has 0 aromatic rings. The predicted octanol–water partition coefficient (Wildman–Crippen LogP) is 2.43. The second-order valence-electron chi connectivity index (χ2n) is 4.63. The molecule has 0 aromatic carbocycles. The zero-order valence-corrected chi connectivity index (χ0v) is 9.60. The van der Waals surface area contributed by atoms with Crippen molar-refractivity contribution in [3.05, 3.63) is 0 Å². The lowest BCUT2D eigenvalue weighted by molar-refractivity contribution is 0.365. The van der Waals surface area contributed by atoms with Gasteiger partial charge in [0.25, 0.3) is 0 Å². The van der Waals surface area contributed by atoms with Gasteiger partial charge in [-0.3, -0.25) is 0 Å². The fourth-order valence-corrected chi connectivity index (χ4v) is 2.29. The fourth-order valence-electron chi connectivity index (χ4n) is 2.29. The summed E-state index contributed by atoms with van der Waals surface area (Å²) in [5.74, 6) is 0. The van der Waals surface area contributed by atoms with E-state index in [1.165, 1.54) is 44.9 Å². The van der Waals surface area contributed by atoms with Crippen LogP contribution in [0.3, 0.4) is 0 Å². The Morgan fingerprint density at radius 2 is 1.93 bits per heavy atom. The van der Waals surface area contributed by atoms with Crippen LogP contribution in [-0.4, -0.2) is 18.6 Å². The molecule has 1 aliphatic carbocycles. The average molecular weight is 198 g/mol. The molecule has 1 saturated carbocycles. The number of nitrogens with one attached hydrogen (secondary N) is 1. The molecule has 1 aliphatic rings. The van der Waals surface area contributed by atoms with Gasteiger partial charge in [0.05, 0.1) is 0 Å². The largest absolute Gasteiger partial charge is 0.328 e. The topological polar surface area (TPSA) is 38.0 Å². The maximum Gasteiger partial charge on any atom is 0.00670 e. The van der Waals surface area contributed by atoms with Crippen LogP contribution in [0.25, 0.3) is 0 Å². The lowest BCUT2D eigenvalue weighted by atomic mass is 9.95. The third-order valence-electron chi connectivity index (χ3n) is 3.21. The highest BCUT2D eigenvalue weighted by Crippen LogP contribution is 2.17. The zero-order valence-electron chi connectivity index (χ0n) is 9.60. The second-order valence-corrected chi connectivity index (χ2v) is 4.63. The van der Waals surface area contributed by atoms with Crippen molar-refractivity contribution in [3.63, 3.8) is 0 Å². The maximum absolute atomic E-state index is 5.96. The monoisotopic (exact) mass is 198 g/mol. The first kappa shape index (κ1) is 12.0. The van der Waals surface area contributed by atoms with Crippen molar-refractivity contribution in [3.8, 4) is 0 Å². The van der Waals surface area contributed by atoms with Gasteiger partial charge >= 0.3 is 0 Å². The molecule has 3 N–H and O–H groups in total. The van der Waals surface area contributed by atoms with E-state index in [2.05, 4.69) is 12.2 Å². The first-order chi connectivity index (χ1) is 6.83. The van der Waals surface area contributed by atoms with Crippen molar-refractivity contribution in [2.75, 3.05) is 6.54 Å². The molecular formula is C12H26N2. The van der Waals surface area contributed by atoms with Crippen molar-refractivity contribution in [2.24, 2.45) is 5.73 Å². The summed E-state index contributed by atoms with van der Waals surface area (Å²) in [6, 6.07) is 1.20. The van der Waals surface area contributed by atoms with E-state index in [4.69, 9.17) is 5.73 Å². The van der Waals surface area contributed by atoms with Gasteiger partial charge in [-0.2, -0.15) is 0 Å². The van der Waals surface area contributed by atoms with Crippen molar-refractivity contribution in [2.45, 2.75) is 70.4 Å². The number of nitrogens with two attached hydrogens (primary N) is 1. The maximum atomic E-state index is 5.96. The van der Waals surface area contributed by atoms with E-state index in [1.54, 1.807) is 0 Å². The number of hydrogen-bond donors (Lipinski definition) is 2. The van der Waals surface area contributed by atoms with Gasteiger partial charge in [-0.25, -0.2) is 0 Å². The molecule has 1 fully saturated rings. The van der Waals surface area contributed by atoms with Crippen LogP contribution in [0, 0.1) is 0 Å². The van der Waals surface area contributed by atoms with Crippen molar-refractivity contribution < 1.29 is 0 Å². The smallest absolute Gasteiger partial charge is 0.00670 e. The highest BCUT2D eigenvalue weighted by molar-refractivity contribution is 4.72. The third-order valence-corrected chi connectivity index (χ3v) is 3.21. The van der Waals surface area contributed by atoms with Crippen LogP contribution in [-0.2, 0) is 0 Å². The average Bonchev–Trinajstić information content (AvgIpc) is 2.20. The minimum atomic E-state index is 0.413. The van der Waals surface area contributed by atoms with Crippen LogP contribution in [0.15, 0.2) is 0 Å². The summed E-state index contributed by atoms with van der Waals surface area (Å²) in [6.45, 7) is 3.32. The molecule has 1 atom stereocenters. The summed E-state index contributed by atoms with van der Waals surface area (Å²) < 4.78 is 0. The highest BCUT2D eigenvalue weighted by atomic mass is 14.9. The van der Waals surface area contributed by atoms with Gasteiger partial charge in [-0.05, 0) is 32.2 Å². The minimum absolute atomic E-state index is 0.413. The standard InChI is InChI=1S/C12H26N2/c1-2-6-11(13)9-10-14-12-7-4-3-5-8-12/h11-12,14H,2-10,13H2,1H3. The molecule has 0 aliphatic heterocycles. The first-order valence-electron chi connectivity index (χ1n) is 6.32. The Kier molecular flexibility index (Phi) is 6.20. The van der Waals surface area contributed by atoms with Crippen LogP contribution < -0.4 is 11.1 Å². The van der Waals surface area contributed by atoms with Crippen LogP contribution in [0.5, 0.6) is 0 Å². The number of rotatable bonds is 6. The van der Waals surface area contributed by atoms with Crippen LogP contribution in [0.2, 0.25) is 0 Å². The van der Waals surface area contributed by atoms with E-state index >= 15 is 0 Å². The van der Waals surface area contributed by atoms with Crippen molar-refractivity contribution in [1.29, 1.82) is 0 Å². The fraction of sp³-hybridized carbons (Fsp3) is 1.00. The van der Waals surface area contributed by atoms with E-state index in [1.807, 2.05) is 0 Å². The van der Waals surface area contributed by atoms with Gasteiger partial charge < -0.3 is 11.1 Å². The molecule has 2 nitrogen and oxygen atoms in total. The molecule has 0 spiro atoms. The molecule has 84 valence electrons. The summed E-state index contributed by atoms with van der Waals surface area (Å²) in [6.07, 6.45) is 10.6. The molecule has 0 bridgehead atoms. The molecule has 0 saturated heterocycles. The Morgan fingerprint density at radius 1 is 1.21 bits per heavy atom. The summed E-state index contributed by atoms with van der Waals surface area (Å²) in [5, 5.41) is 3.63. The Bertz CT molecular complexity index is 130. The van der Waals surface area contributed by atoms with E-state index in [9.17, 15) is 0 Å². The van der Waals surface area contributed by atoms with Crippen LogP contribution >= 0.6 is 0 Å². The van der Waals surface area contributed by atoms with E-state index in [0.29, 0.717) is 6.04 Å². The lowest BCUT2D eigenvalue weighted by Crippen LogP contribution is -2.34. The Hall–Kier alpha value is -0.0800. The molecule has 2 heteroatoms. The minimum Gasteiger partial charge on any atom is -0.328 e. The van der Waals surface area contributed by atoms with Gasteiger partial charge in [0, 0.05) is 12.1 Å². The van der Waals surface area contributed by atoms with Gasteiger partial charge in [0.2, 0.25) is 0 Å². The Balaban J connectivity index is 1.96. The number of hydrogen-bond acceptors (Lipinski definition) is 2. The summed E-state index contributed by atoms with van der Waals surface area (Å²) >= 11 is 0. The molecule has 1 unspecified atom stereocenters. The van der Waals surface area contributed by atoms with Crippen molar-refractivity contribution in [1.82, 2.24) is 5.32 Å². The lowest BCUT2D eigenvalue weighted by Gasteiger charge is -2.23. The van der Waals surface area contributed by atoms with Crippen LogP contribution in [0.4, 0.5) is 0 Å². The van der Waals surface area contributed by atoms with Gasteiger partial charge in [0.15, 0.2) is 0 Å². The summed E-state index contributed by atoms with van der Waals surface area (Å²) in [5.41, 5.74) is 5.96. The Morgan fingerprint density at radius 3 is 2.57 bits per heavy atom. The second kappa shape index (κ2) is 7.24.